The Morgan fingerprint density at radius 3 is 2.81 bits per heavy atom. The Hall–Kier alpha value is -1.80. The third-order valence-electron chi connectivity index (χ3n) is 2.66. The zero-order valence-electron chi connectivity index (χ0n) is 10.7. The van der Waals surface area contributed by atoms with Crippen LogP contribution in [-0.2, 0) is 16.1 Å². The molecule has 21 heavy (non-hydrogen) atoms. The first kappa shape index (κ1) is 15.6. The average Bonchev–Trinajstić information content (AvgIpc) is 2.71. The van der Waals surface area contributed by atoms with Gasteiger partial charge < -0.3 is 15.4 Å². The molecule has 2 aromatic rings. The predicted molar refractivity (Wildman–Crippen MR) is 76.9 cm³/mol. The van der Waals surface area contributed by atoms with Crippen LogP contribution in [0.15, 0.2) is 17.3 Å². The highest BCUT2D eigenvalue weighted by Crippen LogP contribution is 2.28. The lowest BCUT2D eigenvalue weighted by atomic mass is 10.3. The minimum absolute atomic E-state index is 0.0566. The molecule has 0 aliphatic carbocycles. The number of aromatic nitrogens is 2. The fourth-order valence-corrected chi connectivity index (χ4v) is 2.69. The van der Waals surface area contributed by atoms with Crippen molar-refractivity contribution in [2.24, 2.45) is 5.73 Å². The van der Waals surface area contributed by atoms with Gasteiger partial charge >= 0.3 is 5.97 Å². The van der Waals surface area contributed by atoms with Crippen molar-refractivity contribution in [3.63, 3.8) is 0 Å². The molecule has 0 aliphatic rings. The molecule has 0 bridgehead atoms. The highest BCUT2D eigenvalue weighted by molar-refractivity contribution is 7.99. The zero-order chi connectivity index (χ0) is 15.6. The van der Waals surface area contributed by atoms with Crippen molar-refractivity contribution in [2.45, 2.75) is 18.1 Å². The predicted octanol–water partition coefficient (Wildman–Crippen LogP) is 1.88. The van der Waals surface area contributed by atoms with Crippen molar-refractivity contribution in [3.05, 3.63) is 23.0 Å². The number of rotatable bonds is 6. The van der Waals surface area contributed by atoms with E-state index in [4.69, 9.17) is 22.4 Å². The molecule has 1 aromatic carbocycles. The monoisotopic (exact) mass is 331 g/mol. The number of fused-ring (bicyclic) bond motifs is 1. The van der Waals surface area contributed by atoms with Gasteiger partial charge in [-0.25, -0.2) is 9.37 Å². The van der Waals surface area contributed by atoms with Gasteiger partial charge in [-0.15, -0.1) is 0 Å². The number of benzene rings is 1. The summed E-state index contributed by atoms with van der Waals surface area (Å²) in [6.07, 6.45) is 0.0566. The van der Waals surface area contributed by atoms with E-state index in [9.17, 15) is 14.0 Å². The van der Waals surface area contributed by atoms with Gasteiger partial charge in [0.15, 0.2) is 5.16 Å². The minimum atomic E-state index is -1.00. The van der Waals surface area contributed by atoms with Crippen LogP contribution in [0, 0.1) is 5.82 Å². The highest BCUT2D eigenvalue weighted by atomic mass is 35.5. The molecule has 0 atom stereocenters. The van der Waals surface area contributed by atoms with Crippen molar-refractivity contribution in [3.8, 4) is 0 Å². The van der Waals surface area contributed by atoms with E-state index in [-0.39, 0.29) is 23.7 Å². The summed E-state index contributed by atoms with van der Waals surface area (Å²) in [7, 11) is 0. The third-order valence-corrected chi connectivity index (χ3v) is 3.91. The van der Waals surface area contributed by atoms with Gasteiger partial charge in [-0.1, -0.05) is 23.4 Å². The van der Waals surface area contributed by atoms with E-state index in [0.717, 1.165) is 11.8 Å². The van der Waals surface area contributed by atoms with Crippen LogP contribution in [0.2, 0.25) is 5.02 Å². The maximum absolute atomic E-state index is 13.5. The van der Waals surface area contributed by atoms with Crippen molar-refractivity contribution in [2.75, 3.05) is 5.75 Å². The Morgan fingerprint density at radius 2 is 2.19 bits per heavy atom. The number of carboxylic acids is 1. The van der Waals surface area contributed by atoms with Crippen LogP contribution in [0.25, 0.3) is 11.0 Å². The van der Waals surface area contributed by atoms with Gasteiger partial charge in [0, 0.05) is 19.0 Å². The molecule has 2 rings (SSSR count). The molecule has 1 aromatic heterocycles. The van der Waals surface area contributed by atoms with E-state index in [1.54, 1.807) is 4.57 Å². The summed E-state index contributed by atoms with van der Waals surface area (Å²) in [5.41, 5.74) is 5.99. The fourth-order valence-electron chi connectivity index (χ4n) is 1.77. The Labute approximate surface area is 128 Å². The molecule has 112 valence electrons. The summed E-state index contributed by atoms with van der Waals surface area (Å²) in [6, 6.07) is 2.56. The molecule has 3 N–H and O–H groups in total. The van der Waals surface area contributed by atoms with Gasteiger partial charge in [0.2, 0.25) is 5.91 Å². The summed E-state index contributed by atoms with van der Waals surface area (Å²) in [5, 5.41) is 9.03. The fraction of sp³-hybridized carbons (Fsp3) is 0.250. The van der Waals surface area contributed by atoms with E-state index in [1.807, 2.05) is 0 Å². The standard InChI is InChI=1S/C12H11ClFN3O3S/c13-6-3-9-8(4-7(6)14)16-12(21-5-11(19)20)17(9)2-1-10(15)18/h3-4H,1-2,5H2,(H2,15,18)(H,19,20). The van der Waals surface area contributed by atoms with Gasteiger partial charge in [0.25, 0.3) is 0 Å². The van der Waals surface area contributed by atoms with E-state index in [2.05, 4.69) is 4.98 Å². The Kier molecular flexibility index (Phi) is 4.69. The first-order valence-corrected chi connectivity index (χ1v) is 7.23. The molecule has 0 unspecified atom stereocenters. The second-order valence-corrected chi connectivity index (χ2v) is 5.55. The summed E-state index contributed by atoms with van der Waals surface area (Å²) in [5.74, 6) is -2.31. The van der Waals surface area contributed by atoms with Crippen LogP contribution in [0.3, 0.4) is 0 Å². The number of aliphatic carboxylic acids is 1. The Balaban J connectivity index is 2.46. The topological polar surface area (TPSA) is 98.2 Å². The van der Waals surface area contributed by atoms with Crippen molar-refractivity contribution < 1.29 is 19.1 Å². The smallest absolute Gasteiger partial charge is 0.313 e. The number of thioether (sulfide) groups is 1. The van der Waals surface area contributed by atoms with Crippen LogP contribution < -0.4 is 5.73 Å². The maximum atomic E-state index is 13.5. The van der Waals surface area contributed by atoms with Crippen LogP contribution in [-0.4, -0.2) is 32.3 Å². The van der Waals surface area contributed by atoms with Crippen molar-refractivity contribution in [1.82, 2.24) is 9.55 Å². The summed E-state index contributed by atoms with van der Waals surface area (Å²) >= 11 is 6.73. The molecule has 0 spiro atoms. The number of hydrogen-bond donors (Lipinski definition) is 2. The van der Waals surface area contributed by atoms with Gasteiger partial charge in [0.05, 0.1) is 21.8 Å². The first-order chi connectivity index (χ1) is 9.88. The Bertz CT molecular complexity index is 719. The number of hydrogen-bond acceptors (Lipinski definition) is 4. The SMILES string of the molecule is NC(=O)CCn1c(SCC(=O)O)nc2cc(F)c(Cl)cc21. The number of nitrogens with zero attached hydrogens (tertiary/aromatic N) is 2. The molecule has 9 heteroatoms. The second kappa shape index (κ2) is 6.31. The van der Waals surface area contributed by atoms with Gasteiger partial charge in [-0.2, -0.15) is 0 Å². The lowest BCUT2D eigenvalue weighted by Gasteiger charge is -2.07. The molecular formula is C12H11ClFN3O3S. The minimum Gasteiger partial charge on any atom is -0.481 e. The largest absolute Gasteiger partial charge is 0.481 e. The molecule has 1 amide bonds. The third kappa shape index (κ3) is 3.64. The lowest BCUT2D eigenvalue weighted by molar-refractivity contribution is -0.134. The number of carbonyl (C=O) groups excluding carboxylic acids is 1. The van der Waals surface area contributed by atoms with Crippen molar-refractivity contribution in [1.29, 1.82) is 0 Å². The summed E-state index contributed by atoms with van der Waals surface area (Å²) in [6.45, 7) is 0.218. The maximum Gasteiger partial charge on any atom is 0.313 e. The molecule has 6 nitrogen and oxygen atoms in total. The molecule has 0 fully saturated rings. The number of imidazole rings is 1. The Morgan fingerprint density at radius 1 is 1.48 bits per heavy atom. The second-order valence-electron chi connectivity index (χ2n) is 4.20. The molecule has 0 saturated carbocycles. The van der Waals surface area contributed by atoms with Gasteiger partial charge in [-0.3, -0.25) is 9.59 Å². The van der Waals surface area contributed by atoms with Crippen LogP contribution in [0.5, 0.6) is 0 Å². The highest BCUT2D eigenvalue weighted by Gasteiger charge is 2.15. The number of primary amides is 1. The van der Waals surface area contributed by atoms with Gasteiger partial charge in [0.1, 0.15) is 5.82 Å². The number of carboxylic acid groups (broad SMARTS) is 1. The summed E-state index contributed by atoms with van der Waals surface area (Å²) < 4.78 is 15.1. The number of amides is 1. The van der Waals surface area contributed by atoms with E-state index >= 15 is 0 Å². The number of nitrogens with two attached hydrogens (primary N) is 1. The van der Waals surface area contributed by atoms with Crippen LogP contribution >= 0.6 is 23.4 Å². The van der Waals surface area contributed by atoms with Crippen molar-refractivity contribution >= 4 is 46.3 Å². The van der Waals surface area contributed by atoms with E-state index in [1.165, 1.54) is 12.1 Å². The van der Waals surface area contributed by atoms with Crippen LogP contribution in [0.4, 0.5) is 4.39 Å². The normalized spacial score (nSPS) is 11.0. The molecule has 0 radical (unpaired) electrons. The average molecular weight is 332 g/mol. The van der Waals surface area contributed by atoms with Gasteiger partial charge in [-0.05, 0) is 6.07 Å². The first-order valence-electron chi connectivity index (χ1n) is 5.86. The number of carbonyl (C=O) groups is 2. The van der Waals surface area contributed by atoms with Crippen LogP contribution in [0.1, 0.15) is 6.42 Å². The quantitative estimate of drug-likeness (QED) is 0.787. The number of aryl methyl sites for hydroxylation is 1. The molecule has 1 heterocycles. The molecule has 0 aliphatic heterocycles. The van der Waals surface area contributed by atoms with E-state index < -0.39 is 17.7 Å². The molecular weight excluding hydrogens is 321 g/mol. The summed E-state index contributed by atoms with van der Waals surface area (Å²) in [4.78, 5) is 25.8. The zero-order valence-corrected chi connectivity index (χ0v) is 12.2. The number of halogens is 2. The van der Waals surface area contributed by atoms with E-state index in [0.29, 0.717) is 16.2 Å². The molecule has 0 saturated heterocycles. The lowest BCUT2D eigenvalue weighted by Crippen LogP contribution is -2.14.